The van der Waals surface area contributed by atoms with Crippen LogP contribution in [0.15, 0.2) is 22.7 Å². The van der Waals surface area contributed by atoms with Crippen LogP contribution in [-0.2, 0) is 0 Å². The van der Waals surface area contributed by atoms with Gasteiger partial charge in [0.25, 0.3) is 5.24 Å². The Morgan fingerprint density at radius 3 is 2.55 bits per heavy atom. The van der Waals surface area contributed by atoms with Crippen LogP contribution in [-0.4, -0.2) is 5.24 Å². The molecule has 58 valence electrons. The van der Waals surface area contributed by atoms with Gasteiger partial charge < -0.3 is 0 Å². The van der Waals surface area contributed by atoms with Gasteiger partial charge in [-0.1, -0.05) is 17.7 Å². The molecule has 0 atom stereocenters. The topological polar surface area (TPSA) is 17.1 Å². The van der Waals surface area contributed by atoms with Crippen molar-refractivity contribution >= 4 is 44.4 Å². The van der Waals surface area contributed by atoms with Crippen molar-refractivity contribution in [2.75, 3.05) is 0 Å². The summed E-state index contributed by atoms with van der Waals surface area (Å²) in [5, 5.41) is -0.191. The summed E-state index contributed by atoms with van der Waals surface area (Å²) < 4.78 is 0.672. The van der Waals surface area contributed by atoms with Crippen LogP contribution in [0.3, 0.4) is 0 Å². The zero-order chi connectivity index (χ0) is 8.43. The van der Waals surface area contributed by atoms with E-state index >= 15 is 0 Å². The van der Waals surface area contributed by atoms with E-state index in [4.69, 9.17) is 23.2 Å². The smallest absolute Gasteiger partial charge is 0.253 e. The van der Waals surface area contributed by atoms with Gasteiger partial charge in [-0.25, -0.2) is 0 Å². The number of carbonyl (C=O) groups excluding carboxylic acids is 1. The summed E-state index contributed by atoms with van der Waals surface area (Å²) in [6.07, 6.45) is 0. The molecule has 1 rings (SSSR count). The average Bonchev–Trinajstić information content (AvgIpc) is 1.94. The number of halogens is 3. The van der Waals surface area contributed by atoms with Crippen molar-refractivity contribution in [3.8, 4) is 0 Å². The van der Waals surface area contributed by atoms with Crippen LogP contribution in [0.2, 0.25) is 5.02 Å². The number of hydrogen-bond acceptors (Lipinski definition) is 1. The molecule has 0 bridgehead atoms. The van der Waals surface area contributed by atoms with E-state index in [-0.39, 0.29) is 0 Å². The second kappa shape index (κ2) is 3.57. The lowest BCUT2D eigenvalue weighted by atomic mass is 10.2. The Balaban J connectivity index is 3.27. The molecule has 4 heteroatoms. The monoisotopic (exact) mass is 252 g/mol. The van der Waals surface area contributed by atoms with E-state index < -0.39 is 5.24 Å². The summed E-state index contributed by atoms with van der Waals surface area (Å²) in [6.45, 7) is 0. The van der Waals surface area contributed by atoms with Crippen LogP contribution in [0.25, 0.3) is 0 Å². The van der Waals surface area contributed by atoms with Gasteiger partial charge >= 0.3 is 0 Å². The Hall–Kier alpha value is -0.0500. The summed E-state index contributed by atoms with van der Waals surface area (Å²) in [7, 11) is 0. The number of benzene rings is 1. The highest BCUT2D eigenvalue weighted by atomic mass is 79.9. The largest absolute Gasteiger partial charge is 0.276 e. The highest BCUT2D eigenvalue weighted by molar-refractivity contribution is 9.10. The second-order valence-electron chi connectivity index (χ2n) is 1.88. The molecule has 0 aliphatic rings. The standard InChI is InChI=1S/C7H3BrCl2O/c8-5-3-1-2-4(6(5)9)7(10)11/h1-3H. The Kier molecular flexibility index (Phi) is 2.93. The average molecular weight is 254 g/mol. The van der Waals surface area contributed by atoms with Gasteiger partial charge in [-0.15, -0.1) is 0 Å². The van der Waals surface area contributed by atoms with E-state index in [1.807, 2.05) is 0 Å². The quantitative estimate of drug-likeness (QED) is 0.701. The summed E-state index contributed by atoms with van der Waals surface area (Å²) in [5.74, 6) is 0. The third-order valence-corrected chi connectivity index (χ3v) is 2.66. The van der Waals surface area contributed by atoms with E-state index in [0.717, 1.165) is 0 Å². The maximum atomic E-state index is 10.7. The molecule has 0 saturated heterocycles. The molecular weight excluding hydrogens is 251 g/mol. The van der Waals surface area contributed by atoms with Crippen molar-refractivity contribution in [3.05, 3.63) is 33.3 Å². The Bertz CT molecular complexity index is 298. The van der Waals surface area contributed by atoms with Gasteiger partial charge in [0.05, 0.1) is 10.6 Å². The van der Waals surface area contributed by atoms with Gasteiger partial charge in [-0.2, -0.15) is 0 Å². The van der Waals surface area contributed by atoms with Crippen molar-refractivity contribution in [1.82, 2.24) is 0 Å². The molecular formula is C7H3BrCl2O. The minimum absolute atomic E-state index is 0.322. The minimum atomic E-state index is -0.545. The third-order valence-electron chi connectivity index (χ3n) is 1.16. The fourth-order valence-electron chi connectivity index (χ4n) is 0.656. The zero-order valence-corrected chi connectivity index (χ0v) is 8.37. The van der Waals surface area contributed by atoms with E-state index in [1.54, 1.807) is 18.2 Å². The molecule has 1 aromatic carbocycles. The number of carbonyl (C=O) groups is 1. The minimum Gasteiger partial charge on any atom is -0.276 e. The number of rotatable bonds is 1. The van der Waals surface area contributed by atoms with Gasteiger partial charge in [-0.3, -0.25) is 4.79 Å². The van der Waals surface area contributed by atoms with Crippen LogP contribution in [0, 0.1) is 0 Å². The van der Waals surface area contributed by atoms with E-state index in [2.05, 4.69) is 15.9 Å². The van der Waals surface area contributed by atoms with Crippen LogP contribution in [0.1, 0.15) is 10.4 Å². The maximum Gasteiger partial charge on any atom is 0.253 e. The van der Waals surface area contributed by atoms with Crippen LogP contribution >= 0.6 is 39.1 Å². The van der Waals surface area contributed by atoms with Gasteiger partial charge in [0.2, 0.25) is 0 Å². The molecule has 1 nitrogen and oxygen atoms in total. The van der Waals surface area contributed by atoms with Gasteiger partial charge in [0.15, 0.2) is 0 Å². The maximum absolute atomic E-state index is 10.7. The van der Waals surface area contributed by atoms with Crippen molar-refractivity contribution in [3.63, 3.8) is 0 Å². The second-order valence-corrected chi connectivity index (χ2v) is 3.45. The molecule has 0 amide bonds. The van der Waals surface area contributed by atoms with Crippen molar-refractivity contribution in [2.45, 2.75) is 0 Å². The molecule has 1 aromatic rings. The van der Waals surface area contributed by atoms with Crippen molar-refractivity contribution in [1.29, 1.82) is 0 Å². The highest BCUT2D eigenvalue weighted by Gasteiger charge is 2.08. The molecule has 0 unspecified atom stereocenters. The number of hydrogen-bond donors (Lipinski definition) is 0. The fourth-order valence-corrected chi connectivity index (χ4v) is 1.44. The lowest BCUT2D eigenvalue weighted by Crippen LogP contribution is -1.89. The third kappa shape index (κ3) is 1.95. The van der Waals surface area contributed by atoms with E-state index in [1.165, 1.54) is 0 Å². The van der Waals surface area contributed by atoms with Crippen LogP contribution < -0.4 is 0 Å². The molecule has 0 aliphatic heterocycles. The highest BCUT2D eigenvalue weighted by Crippen LogP contribution is 2.26. The van der Waals surface area contributed by atoms with Crippen LogP contribution in [0.5, 0.6) is 0 Å². The van der Waals surface area contributed by atoms with E-state index in [0.29, 0.717) is 15.1 Å². The lowest BCUT2D eigenvalue weighted by molar-refractivity contribution is 0.108. The van der Waals surface area contributed by atoms with Gasteiger partial charge in [-0.05, 0) is 39.7 Å². The Morgan fingerprint density at radius 1 is 1.45 bits per heavy atom. The van der Waals surface area contributed by atoms with Gasteiger partial charge in [0.1, 0.15) is 0 Å². The van der Waals surface area contributed by atoms with Crippen molar-refractivity contribution in [2.24, 2.45) is 0 Å². The lowest BCUT2D eigenvalue weighted by Gasteiger charge is -1.98. The molecule has 0 N–H and O–H groups in total. The van der Waals surface area contributed by atoms with Crippen LogP contribution in [0.4, 0.5) is 0 Å². The summed E-state index contributed by atoms with van der Waals surface area (Å²) >= 11 is 14.1. The molecule has 0 fully saturated rings. The first-order valence-electron chi connectivity index (χ1n) is 2.77. The summed E-state index contributed by atoms with van der Waals surface area (Å²) in [6, 6.07) is 5.01. The molecule has 0 heterocycles. The SMILES string of the molecule is O=C(Cl)c1cccc(Br)c1Cl. The molecule has 0 saturated carbocycles. The normalized spacial score (nSPS) is 9.73. The summed E-state index contributed by atoms with van der Waals surface area (Å²) in [4.78, 5) is 10.7. The first-order valence-corrected chi connectivity index (χ1v) is 4.31. The molecule has 0 spiro atoms. The molecule has 0 aliphatic carbocycles. The molecule has 0 radical (unpaired) electrons. The van der Waals surface area contributed by atoms with E-state index in [9.17, 15) is 4.79 Å². The van der Waals surface area contributed by atoms with Crippen molar-refractivity contribution < 1.29 is 4.79 Å². The summed E-state index contributed by atoms with van der Waals surface area (Å²) in [5.41, 5.74) is 0.322. The fraction of sp³-hybridized carbons (Fsp3) is 0. The first-order chi connectivity index (χ1) is 5.13. The first kappa shape index (κ1) is 9.04. The Labute approximate surface area is 82.4 Å². The molecule has 0 aromatic heterocycles. The predicted octanol–water partition coefficient (Wildman–Crippen LogP) is 3.48. The Morgan fingerprint density at radius 2 is 2.09 bits per heavy atom. The predicted molar refractivity (Wildman–Crippen MR) is 49.3 cm³/mol. The van der Waals surface area contributed by atoms with Gasteiger partial charge in [0, 0.05) is 4.47 Å². The zero-order valence-electron chi connectivity index (χ0n) is 5.27. The molecule has 11 heavy (non-hydrogen) atoms.